The maximum atomic E-state index is 12.8. The summed E-state index contributed by atoms with van der Waals surface area (Å²) in [7, 11) is 1.66. The predicted octanol–water partition coefficient (Wildman–Crippen LogP) is 3.29. The normalized spacial score (nSPS) is 16.6. The number of piperidine rings is 1. The minimum Gasteiger partial charge on any atom is -0.324 e. The summed E-state index contributed by atoms with van der Waals surface area (Å²) in [5.74, 6) is 0.706. The van der Waals surface area contributed by atoms with Gasteiger partial charge in [-0.05, 0) is 43.5 Å². The van der Waals surface area contributed by atoms with Crippen molar-refractivity contribution in [3.05, 3.63) is 76.5 Å². The van der Waals surface area contributed by atoms with Gasteiger partial charge in [-0.15, -0.1) is 0 Å². The maximum absolute atomic E-state index is 12.8. The number of carbonyl (C=O) groups excluding carboxylic acids is 1. The van der Waals surface area contributed by atoms with E-state index in [1.165, 1.54) is 4.68 Å². The minimum absolute atomic E-state index is 0.000441. The first-order chi connectivity index (χ1) is 14.0. The van der Waals surface area contributed by atoms with Crippen molar-refractivity contribution in [1.29, 1.82) is 0 Å². The van der Waals surface area contributed by atoms with Gasteiger partial charge in [0.25, 0.3) is 0 Å². The van der Waals surface area contributed by atoms with E-state index in [0.717, 1.165) is 29.8 Å². The van der Waals surface area contributed by atoms with Crippen molar-refractivity contribution < 1.29 is 4.79 Å². The second kappa shape index (κ2) is 7.95. The first-order valence-corrected chi connectivity index (χ1v) is 9.87. The lowest BCUT2D eigenvalue weighted by atomic mass is 9.97. The van der Waals surface area contributed by atoms with Gasteiger partial charge >= 0.3 is 11.7 Å². The zero-order chi connectivity index (χ0) is 20.4. The number of hydrogen-bond donors (Lipinski definition) is 1. The fourth-order valence-corrected chi connectivity index (χ4v) is 3.85. The highest BCUT2D eigenvalue weighted by Gasteiger charge is 2.29. The zero-order valence-electron chi connectivity index (χ0n) is 16.7. The van der Waals surface area contributed by atoms with Crippen LogP contribution in [-0.2, 0) is 7.05 Å². The molecule has 0 saturated carbocycles. The van der Waals surface area contributed by atoms with E-state index in [-0.39, 0.29) is 17.6 Å². The SMILES string of the molecule is Cc1ccccc1NC(=O)N1CCC[C@@H](c2nn(C)c(=O)n2-c2ccccc2)C1. The van der Waals surface area contributed by atoms with Gasteiger partial charge < -0.3 is 10.2 Å². The molecule has 1 saturated heterocycles. The van der Waals surface area contributed by atoms with Gasteiger partial charge in [-0.3, -0.25) is 0 Å². The van der Waals surface area contributed by atoms with E-state index in [2.05, 4.69) is 10.4 Å². The molecule has 2 aromatic carbocycles. The quantitative estimate of drug-likeness (QED) is 0.745. The fraction of sp³-hybridized carbons (Fsp3) is 0.318. The number of urea groups is 1. The molecule has 1 aliphatic heterocycles. The molecule has 3 aromatic rings. The smallest absolute Gasteiger partial charge is 0.324 e. The number of likely N-dealkylation sites (tertiary alicyclic amines) is 1. The molecule has 150 valence electrons. The molecule has 7 nitrogen and oxygen atoms in total. The molecule has 29 heavy (non-hydrogen) atoms. The summed E-state index contributed by atoms with van der Waals surface area (Å²) in [6.45, 7) is 3.19. The molecular weight excluding hydrogens is 366 g/mol. The van der Waals surface area contributed by atoms with E-state index in [1.807, 2.05) is 66.4 Å². The Labute approximate surface area is 169 Å². The third-order valence-electron chi connectivity index (χ3n) is 5.42. The lowest BCUT2D eigenvalue weighted by molar-refractivity contribution is 0.191. The number of aryl methyl sites for hydroxylation is 2. The standard InChI is InChI=1S/C22H25N5O2/c1-16-9-6-7-13-19(16)23-21(28)26-14-8-10-17(15-26)20-24-25(2)22(29)27(20)18-11-4-3-5-12-18/h3-7,9,11-13,17H,8,10,14-15H2,1-2H3,(H,23,28)/t17-/m1/s1. The first kappa shape index (κ1) is 19.0. The van der Waals surface area contributed by atoms with Crippen molar-refractivity contribution in [2.75, 3.05) is 18.4 Å². The van der Waals surface area contributed by atoms with Crippen molar-refractivity contribution in [2.24, 2.45) is 7.05 Å². The molecule has 0 spiro atoms. The zero-order valence-corrected chi connectivity index (χ0v) is 16.7. The van der Waals surface area contributed by atoms with E-state index >= 15 is 0 Å². The number of nitrogens with zero attached hydrogens (tertiary/aromatic N) is 4. The molecule has 2 heterocycles. The molecule has 7 heteroatoms. The van der Waals surface area contributed by atoms with Crippen LogP contribution in [0.3, 0.4) is 0 Å². The van der Waals surface area contributed by atoms with Crippen LogP contribution < -0.4 is 11.0 Å². The number of rotatable bonds is 3. The van der Waals surface area contributed by atoms with Crippen LogP contribution in [0, 0.1) is 6.92 Å². The summed E-state index contributed by atoms with van der Waals surface area (Å²) in [6.07, 6.45) is 1.75. The molecule has 2 amide bonds. The third-order valence-corrected chi connectivity index (χ3v) is 5.42. The summed E-state index contributed by atoms with van der Waals surface area (Å²) in [4.78, 5) is 27.4. The van der Waals surface area contributed by atoms with Gasteiger partial charge in [0, 0.05) is 31.7 Å². The van der Waals surface area contributed by atoms with Crippen molar-refractivity contribution >= 4 is 11.7 Å². The van der Waals surface area contributed by atoms with Crippen LogP contribution in [0.4, 0.5) is 10.5 Å². The molecule has 0 bridgehead atoms. The van der Waals surface area contributed by atoms with Crippen molar-refractivity contribution in [3.63, 3.8) is 0 Å². The van der Waals surface area contributed by atoms with Gasteiger partial charge in [-0.1, -0.05) is 36.4 Å². The number of carbonyl (C=O) groups is 1. The number of amides is 2. The molecule has 1 aromatic heterocycles. The Morgan fingerprint density at radius 3 is 2.59 bits per heavy atom. The first-order valence-electron chi connectivity index (χ1n) is 9.87. The van der Waals surface area contributed by atoms with Gasteiger partial charge in [0.2, 0.25) is 0 Å². The molecule has 1 fully saturated rings. The molecule has 1 N–H and O–H groups in total. The largest absolute Gasteiger partial charge is 0.350 e. The van der Waals surface area contributed by atoms with Crippen LogP contribution in [0.1, 0.15) is 30.1 Å². The summed E-state index contributed by atoms with van der Waals surface area (Å²) < 4.78 is 3.03. The number of anilines is 1. The number of aromatic nitrogens is 3. The summed E-state index contributed by atoms with van der Waals surface area (Å²) >= 11 is 0. The number of nitrogens with one attached hydrogen (secondary N) is 1. The fourth-order valence-electron chi connectivity index (χ4n) is 3.85. The number of hydrogen-bond acceptors (Lipinski definition) is 3. The van der Waals surface area contributed by atoms with E-state index in [0.29, 0.717) is 18.9 Å². The number of para-hydroxylation sites is 2. The van der Waals surface area contributed by atoms with Crippen molar-refractivity contribution in [3.8, 4) is 5.69 Å². The average Bonchev–Trinajstić information content (AvgIpc) is 3.05. The topological polar surface area (TPSA) is 72.2 Å². The van der Waals surface area contributed by atoms with E-state index in [4.69, 9.17) is 0 Å². The second-order valence-electron chi connectivity index (χ2n) is 7.47. The minimum atomic E-state index is -0.173. The summed E-state index contributed by atoms with van der Waals surface area (Å²) in [6, 6.07) is 17.1. The second-order valence-corrected chi connectivity index (χ2v) is 7.47. The van der Waals surface area contributed by atoms with Crippen molar-refractivity contribution in [2.45, 2.75) is 25.7 Å². The molecule has 0 radical (unpaired) electrons. The van der Waals surface area contributed by atoms with Crippen LogP contribution in [0.2, 0.25) is 0 Å². The van der Waals surface area contributed by atoms with Crippen LogP contribution in [0.25, 0.3) is 5.69 Å². The highest BCUT2D eigenvalue weighted by molar-refractivity contribution is 5.90. The maximum Gasteiger partial charge on any atom is 0.350 e. The molecule has 4 rings (SSSR count). The van der Waals surface area contributed by atoms with Gasteiger partial charge in [0.15, 0.2) is 0 Å². The highest BCUT2D eigenvalue weighted by atomic mass is 16.2. The van der Waals surface area contributed by atoms with Crippen molar-refractivity contribution in [1.82, 2.24) is 19.2 Å². The predicted molar refractivity (Wildman–Crippen MR) is 113 cm³/mol. The van der Waals surface area contributed by atoms with Gasteiger partial charge in [-0.2, -0.15) is 5.10 Å². The Hall–Kier alpha value is -3.35. The van der Waals surface area contributed by atoms with E-state index in [9.17, 15) is 9.59 Å². The molecular formula is C22H25N5O2. The molecule has 1 aliphatic rings. The average molecular weight is 391 g/mol. The summed E-state index contributed by atoms with van der Waals surface area (Å²) in [5, 5.41) is 7.52. The Kier molecular flexibility index (Phi) is 5.20. The van der Waals surface area contributed by atoms with Gasteiger partial charge in [0.05, 0.1) is 5.69 Å². The monoisotopic (exact) mass is 391 g/mol. The van der Waals surface area contributed by atoms with Crippen LogP contribution in [0.5, 0.6) is 0 Å². The third kappa shape index (κ3) is 3.81. The van der Waals surface area contributed by atoms with Gasteiger partial charge in [0.1, 0.15) is 5.82 Å². The Balaban J connectivity index is 1.58. The van der Waals surface area contributed by atoms with Gasteiger partial charge in [-0.25, -0.2) is 18.8 Å². The van der Waals surface area contributed by atoms with E-state index < -0.39 is 0 Å². The highest BCUT2D eigenvalue weighted by Crippen LogP contribution is 2.27. The Morgan fingerprint density at radius 2 is 1.83 bits per heavy atom. The van der Waals surface area contributed by atoms with Crippen LogP contribution in [-0.4, -0.2) is 38.4 Å². The Bertz CT molecular complexity index is 1070. The van der Waals surface area contributed by atoms with E-state index in [1.54, 1.807) is 11.6 Å². The lowest BCUT2D eigenvalue weighted by Gasteiger charge is -2.32. The molecule has 0 aliphatic carbocycles. The van der Waals surface area contributed by atoms with Crippen LogP contribution >= 0.6 is 0 Å². The van der Waals surface area contributed by atoms with Crippen LogP contribution in [0.15, 0.2) is 59.4 Å². The lowest BCUT2D eigenvalue weighted by Crippen LogP contribution is -2.42. The Morgan fingerprint density at radius 1 is 1.10 bits per heavy atom. The molecule has 1 atom stereocenters. The molecule has 0 unspecified atom stereocenters. The number of benzene rings is 2. The summed E-state index contributed by atoms with van der Waals surface area (Å²) in [5.41, 5.74) is 2.46.